The van der Waals surface area contributed by atoms with Crippen LogP contribution in [-0.2, 0) is 19.3 Å². The molecule has 0 aliphatic carbocycles. The summed E-state index contributed by atoms with van der Waals surface area (Å²) in [5, 5.41) is 0.925. The third-order valence-electron chi connectivity index (χ3n) is 6.56. The summed E-state index contributed by atoms with van der Waals surface area (Å²) in [6.07, 6.45) is 4.87. The molecule has 0 spiro atoms. The van der Waals surface area contributed by atoms with Crippen LogP contribution in [0.25, 0.3) is 32.6 Å². The van der Waals surface area contributed by atoms with Gasteiger partial charge in [-0.1, -0.05) is 0 Å². The van der Waals surface area contributed by atoms with Gasteiger partial charge in [-0.25, -0.2) is 23.4 Å². The van der Waals surface area contributed by atoms with Crippen LogP contribution in [0.3, 0.4) is 0 Å². The number of aryl methyl sites for hydroxylation is 1. The number of hydrogen-bond acceptors (Lipinski definition) is 8. The Kier molecular flexibility index (Phi) is 5.22. The predicted molar refractivity (Wildman–Crippen MR) is 133 cm³/mol. The van der Waals surface area contributed by atoms with E-state index >= 15 is 0 Å². The van der Waals surface area contributed by atoms with Crippen LogP contribution in [0, 0.1) is 6.92 Å². The van der Waals surface area contributed by atoms with E-state index in [0.29, 0.717) is 31.1 Å². The molecule has 8 nitrogen and oxygen atoms in total. The van der Waals surface area contributed by atoms with E-state index in [1.807, 2.05) is 25.3 Å². The standard InChI is InChI=1S/C23H27N5O3S2/c1-13-12-31-11-10-28(13)22-19-18(17(14(2)32-19)23(3,4)33(5,29)30)26-21(27-22)16-7-9-25-20-15(16)6-8-24-20/h6-9,13H,10-12H2,1-5H3,(H,24,25)/t13-/m1/s1. The molecule has 5 rings (SSSR count). The molecule has 1 N–H and O–H groups in total. The van der Waals surface area contributed by atoms with Crippen molar-refractivity contribution in [2.24, 2.45) is 0 Å². The SMILES string of the molecule is Cc1sc2c(N3CCOC[C@H]3C)nc(-c3ccnc4[nH]ccc34)nc2c1C(C)(C)S(C)(=O)=O. The molecule has 1 atom stereocenters. The van der Waals surface area contributed by atoms with Gasteiger partial charge in [0.05, 0.1) is 34.2 Å². The molecule has 0 radical (unpaired) electrons. The fraction of sp³-hybridized carbons (Fsp3) is 0.435. The maximum absolute atomic E-state index is 12.8. The summed E-state index contributed by atoms with van der Waals surface area (Å²) in [4.78, 5) is 20.8. The molecular formula is C23H27N5O3S2. The Morgan fingerprint density at radius 1 is 1.27 bits per heavy atom. The lowest BCUT2D eigenvalue weighted by atomic mass is 10.0. The first-order valence-electron chi connectivity index (χ1n) is 10.9. The van der Waals surface area contributed by atoms with Crippen LogP contribution in [0.15, 0.2) is 24.5 Å². The predicted octanol–water partition coefficient (Wildman–Crippen LogP) is 4.05. The summed E-state index contributed by atoms with van der Waals surface area (Å²) in [6.45, 7) is 9.55. The second-order valence-electron chi connectivity index (χ2n) is 9.08. The van der Waals surface area contributed by atoms with E-state index in [1.54, 1.807) is 31.4 Å². The Balaban J connectivity index is 1.86. The lowest BCUT2D eigenvalue weighted by molar-refractivity contribution is 0.0987. The van der Waals surface area contributed by atoms with Crippen molar-refractivity contribution in [3.05, 3.63) is 35.0 Å². The first-order valence-corrected chi connectivity index (χ1v) is 13.6. The molecule has 5 heterocycles. The van der Waals surface area contributed by atoms with Crippen molar-refractivity contribution < 1.29 is 13.2 Å². The van der Waals surface area contributed by atoms with Crippen molar-refractivity contribution in [1.29, 1.82) is 0 Å². The molecule has 0 bridgehead atoms. The first-order chi connectivity index (χ1) is 15.6. The molecule has 0 aromatic carbocycles. The van der Waals surface area contributed by atoms with Crippen molar-refractivity contribution in [3.63, 3.8) is 0 Å². The fourth-order valence-corrected chi connectivity index (χ4v) is 6.42. The highest BCUT2D eigenvalue weighted by atomic mass is 32.2. The first kappa shape index (κ1) is 22.2. The van der Waals surface area contributed by atoms with Gasteiger partial charge in [0.2, 0.25) is 0 Å². The van der Waals surface area contributed by atoms with Crippen LogP contribution >= 0.6 is 11.3 Å². The second-order valence-corrected chi connectivity index (χ2v) is 12.9. The summed E-state index contributed by atoms with van der Waals surface area (Å²) in [5.74, 6) is 1.39. The number of rotatable bonds is 4. The minimum atomic E-state index is -3.39. The van der Waals surface area contributed by atoms with E-state index in [0.717, 1.165) is 37.6 Å². The lowest BCUT2D eigenvalue weighted by Crippen LogP contribution is -2.44. The summed E-state index contributed by atoms with van der Waals surface area (Å²) >= 11 is 1.56. The number of fused-ring (bicyclic) bond motifs is 2. The van der Waals surface area contributed by atoms with Gasteiger partial charge in [0.25, 0.3) is 0 Å². The third-order valence-corrected chi connectivity index (χ3v) is 9.71. The second kappa shape index (κ2) is 7.75. The van der Waals surface area contributed by atoms with Crippen LogP contribution in [0.5, 0.6) is 0 Å². The number of aromatic nitrogens is 4. The van der Waals surface area contributed by atoms with Crippen LogP contribution in [0.1, 0.15) is 31.2 Å². The summed E-state index contributed by atoms with van der Waals surface area (Å²) in [5.41, 5.74) is 3.07. The maximum atomic E-state index is 12.8. The van der Waals surface area contributed by atoms with Gasteiger partial charge in [-0.15, -0.1) is 11.3 Å². The molecule has 0 saturated carbocycles. The molecule has 0 unspecified atom stereocenters. The summed E-state index contributed by atoms with van der Waals surface area (Å²) in [7, 11) is -3.39. The molecule has 4 aromatic heterocycles. The van der Waals surface area contributed by atoms with Crippen molar-refractivity contribution in [3.8, 4) is 11.4 Å². The van der Waals surface area contributed by atoms with Crippen LogP contribution in [0.4, 0.5) is 5.82 Å². The lowest BCUT2D eigenvalue weighted by Gasteiger charge is -2.34. The Hall–Kier alpha value is -2.56. The van der Waals surface area contributed by atoms with Crippen molar-refractivity contribution in [1.82, 2.24) is 19.9 Å². The average Bonchev–Trinajstić information content (AvgIpc) is 3.36. The van der Waals surface area contributed by atoms with E-state index < -0.39 is 14.6 Å². The number of nitrogens with zero attached hydrogens (tertiary/aromatic N) is 4. The molecule has 1 aliphatic heterocycles. The maximum Gasteiger partial charge on any atom is 0.163 e. The molecule has 174 valence electrons. The molecular weight excluding hydrogens is 458 g/mol. The molecule has 10 heteroatoms. The van der Waals surface area contributed by atoms with E-state index in [9.17, 15) is 8.42 Å². The normalized spacial score (nSPS) is 17.8. The van der Waals surface area contributed by atoms with Crippen molar-refractivity contribution in [2.75, 3.05) is 30.9 Å². The zero-order valence-corrected chi connectivity index (χ0v) is 21.0. The van der Waals surface area contributed by atoms with Gasteiger partial charge < -0.3 is 14.6 Å². The Bertz CT molecular complexity index is 1470. The number of H-pyrrole nitrogens is 1. The van der Waals surface area contributed by atoms with Gasteiger partial charge in [-0.05, 0) is 39.8 Å². The van der Waals surface area contributed by atoms with Crippen LogP contribution in [-0.4, -0.2) is 60.4 Å². The monoisotopic (exact) mass is 485 g/mol. The molecule has 0 amide bonds. The largest absolute Gasteiger partial charge is 0.377 e. The van der Waals surface area contributed by atoms with E-state index in [4.69, 9.17) is 14.7 Å². The number of anilines is 1. The van der Waals surface area contributed by atoms with Crippen LogP contribution < -0.4 is 4.90 Å². The number of hydrogen-bond donors (Lipinski definition) is 1. The van der Waals surface area contributed by atoms with E-state index in [1.165, 1.54) is 6.26 Å². The smallest absolute Gasteiger partial charge is 0.163 e. The number of ether oxygens (including phenoxy) is 1. The van der Waals surface area contributed by atoms with Gasteiger partial charge in [0.1, 0.15) is 5.65 Å². The zero-order chi connectivity index (χ0) is 23.5. The Morgan fingerprint density at radius 2 is 2.06 bits per heavy atom. The van der Waals surface area contributed by atoms with Crippen molar-refractivity contribution in [2.45, 2.75) is 38.5 Å². The van der Waals surface area contributed by atoms with Gasteiger partial charge in [0.15, 0.2) is 21.5 Å². The van der Waals surface area contributed by atoms with Gasteiger partial charge in [-0.2, -0.15) is 0 Å². The zero-order valence-electron chi connectivity index (χ0n) is 19.3. The number of morpholine rings is 1. The number of sulfone groups is 1. The Morgan fingerprint density at radius 3 is 2.79 bits per heavy atom. The summed E-state index contributed by atoms with van der Waals surface area (Å²) < 4.78 is 31.1. The highest BCUT2D eigenvalue weighted by Gasteiger charge is 2.38. The Labute approximate surface area is 197 Å². The topological polar surface area (TPSA) is 101 Å². The van der Waals surface area contributed by atoms with Gasteiger partial charge in [-0.3, -0.25) is 0 Å². The minimum absolute atomic E-state index is 0.142. The number of thiophene rings is 1. The van der Waals surface area contributed by atoms with Crippen molar-refractivity contribution >= 4 is 48.2 Å². The van der Waals surface area contributed by atoms with E-state index in [-0.39, 0.29) is 6.04 Å². The van der Waals surface area contributed by atoms with E-state index in [2.05, 4.69) is 21.8 Å². The highest BCUT2D eigenvalue weighted by molar-refractivity contribution is 7.91. The highest BCUT2D eigenvalue weighted by Crippen LogP contribution is 2.44. The van der Waals surface area contributed by atoms with Gasteiger partial charge >= 0.3 is 0 Å². The number of nitrogens with one attached hydrogen (secondary N) is 1. The molecule has 1 saturated heterocycles. The number of pyridine rings is 1. The molecule has 1 fully saturated rings. The van der Waals surface area contributed by atoms with Crippen LogP contribution in [0.2, 0.25) is 0 Å². The summed E-state index contributed by atoms with van der Waals surface area (Å²) in [6, 6.07) is 4.01. The third kappa shape index (κ3) is 3.51. The van der Waals surface area contributed by atoms with Gasteiger partial charge in [0, 0.05) is 46.6 Å². The number of aromatic amines is 1. The molecule has 33 heavy (non-hydrogen) atoms. The molecule has 1 aliphatic rings. The average molecular weight is 486 g/mol. The minimum Gasteiger partial charge on any atom is -0.377 e. The fourth-order valence-electron chi connectivity index (χ4n) is 4.48. The quantitative estimate of drug-likeness (QED) is 0.465. The molecule has 4 aromatic rings.